The minimum absolute atomic E-state index is 0.113. The molecule has 106 valence electrons. The Labute approximate surface area is 116 Å². The smallest absolute Gasteiger partial charge is 0.387 e. The average molecular weight is 292 g/mol. The quantitative estimate of drug-likeness (QED) is 0.721. The van der Waals surface area contributed by atoms with Gasteiger partial charge in [0, 0.05) is 19.0 Å². The van der Waals surface area contributed by atoms with Gasteiger partial charge in [0.2, 0.25) is 0 Å². The minimum atomic E-state index is -2.96. The molecule has 1 aromatic carbocycles. The summed E-state index contributed by atoms with van der Waals surface area (Å²) >= 11 is 5.64. The molecule has 1 rings (SSSR count). The van der Waals surface area contributed by atoms with Crippen LogP contribution in [0, 0.1) is 0 Å². The summed E-state index contributed by atoms with van der Waals surface area (Å²) in [7, 11) is 0. The first kappa shape index (κ1) is 15.7. The summed E-state index contributed by atoms with van der Waals surface area (Å²) in [5.74, 6) is -0.166. The van der Waals surface area contributed by atoms with Gasteiger partial charge in [-0.1, -0.05) is 19.1 Å². The summed E-state index contributed by atoms with van der Waals surface area (Å²) in [6.45, 7) is -0.136. The van der Waals surface area contributed by atoms with E-state index in [1.54, 1.807) is 12.1 Å². The fraction of sp³-hybridized carbons (Fsp3) is 0.462. The van der Waals surface area contributed by atoms with E-state index < -0.39 is 6.61 Å². The maximum Gasteiger partial charge on any atom is 0.387 e. The standard InChI is InChI=1S/C13H16ClF2NO2/c1-2-8-17(9-7-14)12(18)10-5-3-4-6-11(10)19-13(15)16/h3-6,13H,2,7-9H2,1H3. The van der Waals surface area contributed by atoms with E-state index in [1.165, 1.54) is 17.0 Å². The molecule has 0 radical (unpaired) electrons. The molecule has 0 aliphatic heterocycles. The van der Waals surface area contributed by atoms with Gasteiger partial charge in [-0.25, -0.2) is 0 Å². The van der Waals surface area contributed by atoms with Gasteiger partial charge in [-0.3, -0.25) is 4.79 Å². The Morgan fingerprint density at radius 2 is 2.05 bits per heavy atom. The van der Waals surface area contributed by atoms with Crippen LogP contribution in [-0.2, 0) is 0 Å². The van der Waals surface area contributed by atoms with Crippen molar-refractivity contribution in [2.45, 2.75) is 20.0 Å². The normalized spacial score (nSPS) is 10.6. The third-order valence-electron chi connectivity index (χ3n) is 2.47. The van der Waals surface area contributed by atoms with E-state index in [2.05, 4.69) is 4.74 Å². The second kappa shape index (κ2) is 7.94. The van der Waals surface area contributed by atoms with Gasteiger partial charge >= 0.3 is 6.61 Å². The monoisotopic (exact) mass is 291 g/mol. The van der Waals surface area contributed by atoms with E-state index in [1.807, 2.05) is 6.92 Å². The predicted molar refractivity (Wildman–Crippen MR) is 70.0 cm³/mol. The van der Waals surface area contributed by atoms with Crippen LogP contribution >= 0.6 is 11.6 Å². The molecule has 0 aliphatic rings. The molecule has 0 unspecified atom stereocenters. The van der Waals surface area contributed by atoms with E-state index in [0.717, 1.165) is 6.42 Å². The SMILES string of the molecule is CCCN(CCCl)C(=O)c1ccccc1OC(F)F. The van der Waals surface area contributed by atoms with Gasteiger partial charge in [-0.05, 0) is 18.6 Å². The molecule has 1 aromatic rings. The zero-order chi connectivity index (χ0) is 14.3. The molecule has 0 spiro atoms. The molecule has 19 heavy (non-hydrogen) atoms. The van der Waals surface area contributed by atoms with Gasteiger partial charge in [0.15, 0.2) is 0 Å². The Balaban J connectivity index is 2.96. The zero-order valence-electron chi connectivity index (χ0n) is 10.6. The van der Waals surface area contributed by atoms with Crippen molar-refractivity contribution in [3.8, 4) is 5.75 Å². The lowest BCUT2D eigenvalue weighted by Gasteiger charge is -2.22. The number of alkyl halides is 3. The van der Waals surface area contributed by atoms with E-state index >= 15 is 0 Å². The molecule has 6 heteroatoms. The summed E-state index contributed by atoms with van der Waals surface area (Å²) in [6.07, 6.45) is 0.764. The second-order valence-corrected chi connectivity index (χ2v) is 4.23. The summed E-state index contributed by atoms with van der Waals surface area (Å²) in [5.41, 5.74) is 0.126. The van der Waals surface area contributed by atoms with Crippen molar-refractivity contribution in [2.24, 2.45) is 0 Å². The highest BCUT2D eigenvalue weighted by molar-refractivity contribution is 6.18. The van der Waals surface area contributed by atoms with Gasteiger partial charge < -0.3 is 9.64 Å². The second-order valence-electron chi connectivity index (χ2n) is 3.86. The van der Waals surface area contributed by atoms with E-state index in [9.17, 15) is 13.6 Å². The molecular weight excluding hydrogens is 276 g/mol. The van der Waals surface area contributed by atoms with Crippen LogP contribution in [0.25, 0.3) is 0 Å². The Hall–Kier alpha value is -1.36. The van der Waals surface area contributed by atoms with Crippen molar-refractivity contribution in [3.05, 3.63) is 29.8 Å². The Bertz CT molecular complexity index is 409. The third kappa shape index (κ3) is 4.67. The molecule has 3 nitrogen and oxygen atoms in total. The fourth-order valence-corrected chi connectivity index (χ4v) is 1.90. The fourth-order valence-electron chi connectivity index (χ4n) is 1.70. The molecule has 0 saturated heterocycles. The van der Waals surface area contributed by atoms with Gasteiger partial charge in [0.25, 0.3) is 5.91 Å². The van der Waals surface area contributed by atoms with Crippen molar-refractivity contribution < 1.29 is 18.3 Å². The molecular formula is C13H16ClF2NO2. The molecule has 1 amide bonds. The number of ether oxygens (including phenoxy) is 1. The van der Waals surface area contributed by atoms with Crippen molar-refractivity contribution in [1.82, 2.24) is 4.90 Å². The lowest BCUT2D eigenvalue weighted by atomic mass is 10.1. The third-order valence-corrected chi connectivity index (χ3v) is 2.64. The van der Waals surface area contributed by atoms with Crippen LogP contribution in [0.1, 0.15) is 23.7 Å². The van der Waals surface area contributed by atoms with Crippen LogP contribution in [0.3, 0.4) is 0 Å². The molecule has 0 aliphatic carbocycles. The topological polar surface area (TPSA) is 29.5 Å². The number of para-hydroxylation sites is 1. The Morgan fingerprint density at radius 3 is 2.63 bits per heavy atom. The van der Waals surface area contributed by atoms with Crippen LogP contribution in [0.15, 0.2) is 24.3 Å². The molecule has 0 bridgehead atoms. The van der Waals surface area contributed by atoms with Gasteiger partial charge in [0.05, 0.1) is 5.56 Å². The van der Waals surface area contributed by atoms with E-state index in [0.29, 0.717) is 19.0 Å². The molecule has 0 aromatic heterocycles. The first-order valence-electron chi connectivity index (χ1n) is 5.99. The van der Waals surface area contributed by atoms with Crippen molar-refractivity contribution >= 4 is 17.5 Å². The average Bonchev–Trinajstić information content (AvgIpc) is 2.38. The first-order valence-corrected chi connectivity index (χ1v) is 6.52. The summed E-state index contributed by atoms with van der Waals surface area (Å²) in [4.78, 5) is 13.8. The largest absolute Gasteiger partial charge is 0.434 e. The molecule has 0 saturated carbocycles. The zero-order valence-corrected chi connectivity index (χ0v) is 11.4. The summed E-state index contributed by atoms with van der Waals surface area (Å²) in [5, 5.41) is 0. The van der Waals surface area contributed by atoms with E-state index in [4.69, 9.17) is 11.6 Å². The highest BCUT2D eigenvalue weighted by Gasteiger charge is 2.20. The van der Waals surface area contributed by atoms with Crippen molar-refractivity contribution in [3.63, 3.8) is 0 Å². The highest BCUT2D eigenvalue weighted by atomic mass is 35.5. The molecule has 0 N–H and O–H groups in total. The molecule has 0 heterocycles. The number of halogens is 3. The number of nitrogens with zero attached hydrogens (tertiary/aromatic N) is 1. The van der Waals surface area contributed by atoms with Gasteiger partial charge in [0.1, 0.15) is 5.75 Å². The molecule has 0 atom stereocenters. The van der Waals surface area contributed by atoms with E-state index in [-0.39, 0.29) is 17.2 Å². The summed E-state index contributed by atoms with van der Waals surface area (Å²) in [6, 6.07) is 5.97. The van der Waals surface area contributed by atoms with Crippen LogP contribution in [0.2, 0.25) is 0 Å². The van der Waals surface area contributed by atoms with Crippen LogP contribution in [0.5, 0.6) is 5.75 Å². The molecule has 0 fully saturated rings. The van der Waals surface area contributed by atoms with Crippen LogP contribution in [0.4, 0.5) is 8.78 Å². The lowest BCUT2D eigenvalue weighted by Crippen LogP contribution is -2.33. The Morgan fingerprint density at radius 1 is 1.37 bits per heavy atom. The number of benzene rings is 1. The van der Waals surface area contributed by atoms with Crippen molar-refractivity contribution in [2.75, 3.05) is 19.0 Å². The maximum atomic E-state index is 12.3. The lowest BCUT2D eigenvalue weighted by molar-refractivity contribution is -0.0502. The maximum absolute atomic E-state index is 12.3. The number of carbonyl (C=O) groups excluding carboxylic acids is 1. The summed E-state index contributed by atoms with van der Waals surface area (Å²) < 4.78 is 28.9. The first-order chi connectivity index (χ1) is 9.10. The van der Waals surface area contributed by atoms with Crippen LogP contribution in [-0.4, -0.2) is 36.4 Å². The Kier molecular flexibility index (Phi) is 6.56. The van der Waals surface area contributed by atoms with Crippen LogP contribution < -0.4 is 4.74 Å². The van der Waals surface area contributed by atoms with Gasteiger partial charge in [-0.15, -0.1) is 11.6 Å². The minimum Gasteiger partial charge on any atom is -0.434 e. The number of hydrogen-bond donors (Lipinski definition) is 0. The number of amides is 1. The number of rotatable bonds is 7. The number of hydrogen-bond acceptors (Lipinski definition) is 2. The van der Waals surface area contributed by atoms with Crippen molar-refractivity contribution in [1.29, 1.82) is 0 Å². The number of carbonyl (C=O) groups is 1. The predicted octanol–water partition coefficient (Wildman–Crippen LogP) is 3.38. The highest BCUT2D eigenvalue weighted by Crippen LogP contribution is 2.22. The van der Waals surface area contributed by atoms with Gasteiger partial charge in [-0.2, -0.15) is 8.78 Å².